The Bertz CT molecular complexity index is 527. The summed E-state index contributed by atoms with van der Waals surface area (Å²) in [6.45, 7) is 2.03. The summed E-state index contributed by atoms with van der Waals surface area (Å²) >= 11 is 12.7. The molecule has 5 heteroatoms. The first-order chi connectivity index (χ1) is 8.06. The van der Waals surface area contributed by atoms with Crippen LogP contribution in [0.3, 0.4) is 0 Å². The van der Waals surface area contributed by atoms with Gasteiger partial charge in [0.05, 0.1) is 11.1 Å². The Kier molecular flexibility index (Phi) is 4.17. The van der Waals surface area contributed by atoms with Crippen molar-refractivity contribution in [2.24, 2.45) is 0 Å². The summed E-state index contributed by atoms with van der Waals surface area (Å²) in [5.41, 5.74) is 0.957. The van der Waals surface area contributed by atoms with Gasteiger partial charge in [0.25, 0.3) is 0 Å². The molecule has 17 heavy (non-hydrogen) atoms. The smallest absolute Gasteiger partial charge is 0.169 e. The van der Waals surface area contributed by atoms with Crippen molar-refractivity contribution in [3.05, 3.63) is 50.3 Å². The van der Waals surface area contributed by atoms with Crippen LogP contribution in [-0.2, 0) is 0 Å². The second kappa shape index (κ2) is 5.46. The molecule has 1 unspecified atom stereocenters. The molecule has 1 aromatic carbocycles. The third kappa shape index (κ3) is 3.27. The van der Waals surface area contributed by atoms with Crippen LogP contribution in [0, 0.1) is 0 Å². The Labute approximate surface area is 122 Å². The highest BCUT2D eigenvalue weighted by Gasteiger charge is 2.10. The minimum atomic E-state index is 0.0820. The summed E-state index contributed by atoms with van der Waals surface area (Å²) in [6.07, 6.45) is 0. The summed E-state index contributed by atoms with van der Waals surface area (Å²) in [5, 5.41) is 4.00. The predicted molar refractivity (Wildman–Crippen MR) is 77.6 cm³/mol. The van der Waals surface area contributed by atoms with Crippen LogP contribution in [0.4, 0.5) is 5.69 Å². The normalized spacial score (nSPS) is 12.5. The SMILES string of the molecule is CC(Nc1ccc(Br)c(Cl)c1)c1ccc(Br)o1. The number of anilines is 1. The number of nitrogens with one attached hydrogen (secondary N) is 1. The molecule has 0 radical (unpaired) electrons. The van der Waals surface area contributed by atoms with Gasteiger partial charge in [0, 0.05) is 10.2 Å². The summed E-state index contributed by atoms with van der Waals surface area (Å²) < 4.78 is 7.10. The maximum absolute atomic E-state index is 6.03. The molecule has 2 nitrogen and oxygen atoms in total. The Hall–Kier alpha value is -0.450. The molecular weight excluding hydrogens is 369 g/mol. The first-order valence-corrected chi connectivity index (χ1v) is 6.99. The molecule has 1 heterocycles. The maximum atomic E-state index is 6.03. The van der Waals surface area contributed by atoms with Crippen molar-refractivity contribution in [1.82, 2.24) is 0 Å². The Morgan fingerprint density at radius 1 is 1.24 bits per heavy atom. The van der Waals surface area contributed by atoms with Crippen molar-refractivity contribution in [1.29, 1.82) is 0 Å². The van der Waals surface area contributed by atoms with Gasteiger partial charge >= 0.3 is 0 Å². The number of hydrogen-bond donors (Lipinski definition) is 1. The van der Waals surface area contributed by atoms with Crippen LogP contribution in [-0.4, -0.2) is 0 Å². The molecule has 0 aliphatic carbocycles. The average molecular weight is 379 g/mol. The van der Waals surface area contributed by atoms with Crippen molar-refractivity contribution in [2.75, 3.05) is 5.32 Å². The molecule has 2 aromatic rings. The lowest BCUT2D eigenvalue weighted by atomic mass is 10.2. The minimum Gasteiger partial charge on any atom is -0.452 e. The Morgan fingerprint density at radius 2 is 2.00 bits per heavy atom. The van der Waals surface area contributed by atoms with E-state index in [-0.39, 0.29) is 6.04 Å². The van der Waals surface area contributed by atoms with Crippen molar-refractivity contribution >= 4 is 49.1 Å². The third-order valence-electron chi connectivity index (χ3n) is 2.32. The van der Waals surface area contributed by atoms with Gasteiger partial charge in [-0.3, -0.25) is 0 Å². The Morgan fingerprint density at radius 3 is 2.59 bits per heavy atom. The number of rotatable bonds is 3. The van der Waals surface area contributed by atoms with Crippen LogP contribution in [0.1, 0.15) is 18.7 Å². The quantitative estimate of drug-likeness (QED) is 0.747. The number of halogens is 3. The fourth-order valence-corrected chi connectivity index (χ4v) is 2.21. The van der Waals surface area contributed by atoms with Gasteiger partial charge in [-0.25, -0.2) is 0 Å². The maximum Gasteiger partial charge on any atom is 0.169 e. The van der Waals surface area contributed by atoms with Crippen LogP contribution in [0.2, 0.25) is 5.02 Å². The lowest BCUT2D eigenvalue weighted by molar-refractivity contribution is 0.471. The highest BCUT2D eigenvalue weighted by atomic mass is 79.9. The van der Waals surface area contributed by atoms with Gasteiger partial charge in [-0.15, -0.1) is 0 Å². The van der Waals surface area contributed by atoms with Crippen LogP contribution in [0.5, 0.6) is 0 Å². The molecule has 0 aliphatic rings. The summed E-state index contributed by atoms with van der Waals surface area (Å²) in [4.78, 5) is 0. The van der Waals surface area contributed by atoms with E-state index < -0.39 is 0 Å². The number of benzene rings is 1. The first kappa shape index (κ1) is 13.0. The van der Waals surface area contributed by atoms with Crippen LogP contribution in [0.15, 0.2) is 43.9 Å². The van der Waals surface area contributed by atoms with E-state index in [2.05, 4.69) is 37.2 Å². The standard InChI is InChI=1S/C12H10Br2ClNO/c1-7(11-4-5-12(14)17-11)16-8-2-3-9(13)10(15)6-8/h2-7,16H,1H3. The molecule has 0 spiro atoms. The highest BCUT2D eigenvalue weighted by molar-refractivity contribution is 9.10. The van der Waals surface area contributed by atoms with Gasteiger partial charge in [-0.05, 0) is 69.1 Å². The first-order valence-electron chi connectivity index (χ1n) is 5.03. The van der Waals surface area contributed by atoms with Crippen molar-refractivity contribution in [2.45, 2.75) is 13.0 Å². The fraction of sp³-hybridized carbons (Fsp3) is 0.167. The summed E-state index contributed by atoms with van der Waals surface area (Å²) in [5.74, 6) is 0.871. The van der Waals surface area contributed by atoms with Gasteiger partial charge in [-0.2, -0.15) is 0 Å². The molecule has 0 aliphatic heterocycles. The zero-order valence-electron chi connectivity index (χ0n) is 9.01. The highest BCUT2D eigenvalue weighted by Crippen LogP contribution is 2.28. The zero-order chi connectivity index (χ0) is 12.4. The van der Waals surface area contributed by atoms with Crippen molar-refractivity contribution in [3.63, 3.8) is 0 Å². The molecular formula is C12H10Br2ClNO. The number of furan rings is 1. The lowest BCUT2D eigenvalue weighted by Gasteiger charge is -2.13. The molecule has 90 valence electrons. The fourth-order valence-electron chi connectivity index (χ4n) is 1.47. The molecule has 1 aromatic heterocycles. The molecule has 0 amide bonds. The van der Waals surface area contributed by atoms with E-state index in [0.717, 1.165) is 20.6 Å². The van der Waals surface area contributed by atoms with E-state index >= 15 is 0 Å². The molecule has 1 N–H and O–H groups in total. The van der Waals surface area contributed by atoms with Crippen molar-refractivity contribution in [3.8, 4) is 0 Å². The van der Waals surface area contributed by atoms with E-state index in [1.807, 2.05) is 37.3 Å². The number of hydrogen-bond acceptors (Lipinski definition) is 2. The molecule has 0 saturated heterocycles. The average Bonchev–Trinajstić information content (AvgIpc) is 2.70. The van der Waals surface area contributed by atoms with Crippen molar-refractivity contribution < 1.29 is 4.42 Å². The second-order valence-electron chi connectivity index (χ2n) is 3.64. The van der Waals surface area contributed by atoms with Crippen LogP contribution < -0.4 is 5.32 Å². The van der Waals surface area contributed by atoms with E-state index in [9.17, 15) is 0 Å². The minimum absolute atomic E-state index is 0.0820. The van der Waals surface area contributed by atoms with E-state index in [4.69, 9.17) is 16.0 Å². The molecule has 0 saturated carbocycles. The van der Waals surface area contributed by atoms with Crippen LogP contribution in [0.25, 0.3) is 0 Å². The van der Waals surface area contributed by atoms with Gasteiger partial charge in [0.2, 0.25) is 0 Å². The van der Waals surface area contributed by atoms with Crippen LogP contribution >= 0.6 is 43.5 Å². The third-order valence-corrected chi connectivity index (χ3v) is 3.98. The molecule has 0 bridgehead atoms. The molecule has 0 fully saturated rings. The van der Waals surface area contributed by atoms with Gasteiger partial charge in [0.1, 0.15) is 5.76 Å². The van der Waals surface area contributed by atoms with Gasteiger partial charge in [-0.1, -0.05) is 11.6 Å². The zero-order valence-corrected chi connectivity index (χ0v) is 12.9. The second-order valence-corrected chi connectivity index (χ2v) is 5.68. The lowest BCUT2D eigenvalue weighted by Crippen LogP contribution is -2.05. The predicted octanol–water partition coefficient (Wildman–Crippen LogP) is 5.63. The summed E-state index contributed by atoms with van der Waals surface area (Å²) in [7, 11) is 0. The molecule has 2 rings (SSSR count). The topological polar surface area (TPSA) is 25.2 Å². The van der Waals surface area contributed by atoms with Gasteiger partial charge < -0.3 is 9.73 Å². The molecule has 1 atom stereocenters. The largest absolute Gasteiger partial charge is 0.452 e. The van der Waals surface area contributed by atoms with E-state index in [1.54, 1.807) is 0 Å². The monoisotopic (exact) mass is 377 g/mol. The Balaban J connectivity index is 2.12. The van der Waals surface area contributed by atoms with E-state index in [0.29, 0.717) is 5.02 Å². The van der Waals surface area contributed by atoms with E-state index in [1.165, 1.54) is 0 Å². The van der Waals surface area contributed by atoms with Gasteiger partial charge in [0.15, 0.2) is 4.67 Å². The summed E-state index contributed by atoms with van der Waals surface area (Å²) in [6, 6.07) is 9.64.